The number of amides is 2. The summed E-state index contributed by atoms with van der Waals surface area (Å²) in [6, 6.07) is 16.0. The van der Waals surface area contributed by atoms with Gasteiger partial charge in [-0.3, -0.25) is 9.69 Å². The van der Waals surface area contributed by atoms with Crippen molar-refractivity contribution in [2.24, 2.45) is 0 Å². The van der Waals surface area contributed by atoms with Gasteiger partial charge in [-0.05, 0) is 29.8 Å². The number of carbonyl (C=O) groups excluding carboxylic acids is 2. The average Bonchev–Trinajstić information content (AvgIpc) is 3.10. The lowest BCUT2D eigenvalue weighted by Gasteiger charge is -2.17. The Morgan fingerprint density at radius 3 is 2.50 bits per heavy atom. The van der Waals surface area contributed by atoms with Crippen LogP contribution in [0.15, 0.2) is 54.6 Å². The maximum absolute atomic E-state index is 12.5. The molecule has 1 aliphatic heterocycles. The smallest absolute Gasteiger partial charge is 0.415 e. The number of benzene rings is 2. The van der Waals surface area contributed by atoms with Crippen LogP contribution in [0.5, 0.6) is 0 Å². The fraction of sp³-hybridized carbons (Fsp3) is 0.200. The third kappa shape index (κ3) is 4.27. The van der Waals surface area contributed by atoms with Crippen molar-refractivity contribution in [1.29, 1.82) is 5.26 Å². The van der Waals surface area contributed by atoms with E-state index in [9.17, 15) is 19.5 Å². The standard InChI is InChI=1S/C20H17N3O5/c21-11-14-6-8-15(9-7-14)23-12-17(28-20(23)27)18(24)22-16(19(25)26)10-13-4-2-1-3-5-13/h1-9,16-17H,10,12H2,(H,22,24)(H,25,26)/t16-,17?/m1/s1. The van der Waals surface area contributed by atoms with E-state index >= 15 is 0 Å². The minimum Gasteiger partial charge on any atom is -0.480 e. The van der Waals surface area contributed by atoms with Crippen LogP contribution in [-0.2, 0) is 20.7 Å². The summed E-state index contributed by atoms with van der Waals surface area (Å²) >= 11 is 0. The Morgan fingerprint density at radius 2 is 1.89 bits per heavy atom. The molecule has 8 nitrogen and oxygen atoms in total. The number of aliphatic carboxylic acids is 1. The van der Waals surface area contributed by atoms with E-state index in [1.54, 1.807) is 48.5 Å². The molecule has 142 valence electrons. The van der Waals surface area contributed by atoms with Gasteiger partial charge >= 0.3 is 12.1 Å². The second kappa shape index (κ2) is 8.22. The van der Waals surface area contributed by atoms with Gasteiger partial charge in [-0.2, -0.15) is 5.26 Å². The van der Waals surface area contributed by atoms with Crippen LogP contribution in [-0.4, -0.2) is 41.8 Å². The number of carboxylic acids is 1. The highest BCUT2D eigenvalue weighted by molar-refractivity contribution is 5.96. The number of nitrogens with one attached hydrogen (secondary N) is 1. The number of hydrogen-bond acceptors (Lipinski definition) is 5. The zero-order valence-corrected chi connectivity index (χ0v) is 14.7. The first-order valence-corrected chi connectivity index (χ1v) is 8.53. The van der Waals surface area contributed by atoms with Crippen molar-refractivity contribution in [2.45, 2.75) is 18.6 Å². The molecule has 0 bridgehead atoms. The van der Waals surface area contributed by atoms with Gasteiger partial charge < -0.3 is 15.2 Å². The van der Waals surface area contributed by atoms with Crippen molar-refractivity contribution in [3.63, 3.8) is 0 Å². The first kappa shape index (κ1) is 18.9. The SMILES string of the molecule is N#Cc1ccc(N2CC(C(=O)N[C@H](Cc3ccccc3)C(=O)O)OC2=O)cc1. The van der Waals surface area contributed by atoms with Crippen LogP contribution in [0.4, 0.5) is 10.5 Å². The molecule has 0 aromatic heterocycles. The number of anilines is 1. The largest absolute Gasteiger partial charge is 0.480 e. The second-order valence-corrected chi connectivity index (χ2v) is 6.23. The fourth-order valence-electron chi connectivity index (χ4n) is 2.84. The minimum absolute atomic E-state index is 0.0474. The van der Waals surface area contributed by atoms with Gasteiger partial charge in [-0.15, -0.1) is 0 Å². The van der Waals surface area contributed by atoms with E-state index in [-0.39, 0.29) is 13.0 Å². The van der Waals surface area contributed by atoms with E-state index in [1.807, 2.05) is 12.1 Å². The lowest BCUT2D eigenvalue weighted by molar-refractivity contribution is -0.142. The quantitative estimate of drug-likeness (QED) is 0.788. The summed E-state index contributed by atoms with van der Waals surface area (Å²) in [6.45, 7) is -0.0474. The Kier molecular flexibility index (Phi) is 5.56. The Balaban J connectivity index is 1.65. The zero-order chi connectivity index (χ0) is 20.1. The van der Waals surface area contributed by atoms with Crippen molar-refractivity contribution < 1.29 is 24.2 Å². The summed E-state index contributed by atoms with van der Waals surface area (Å²) < 4.78 is 5.09. The normalized spacial score (nSPS) is 16.8. The molecule has 2 amide bonds. The molecule has 2 aromatic carbocycles. The van der Waals surface area contributed by atoms with Crippen molar-refractivity contribution >= 4 is 23.7 Å². The van der Waals surface area contributed by atoms with E-state index < -0.39 is 30.1 Å². The number of ether oxygens (including phenoxy) is 1. The highest BCUT2D eigenvalue weighted by Gasteiger charge is 2.38. The topological polar surface area (TPSA) is 120 Å². The van der Waals surface area contributed by atoms with Crippen LogP contribution >= 0.6 is 0 Å². The van der Waals surface area contributed by atoms with Crippen LogP contribution < -0.4 is 10.2 Å². The lowest BCUT2D eigenvalue weighted by Crippen LogP contribution is -2.47. The van der Waals surface area contributed by atoms with Gasteiger partial charge in [0, 0.05) is 12.1 Å². The number of nitriles is 1. The van der Waals surface area contributed by atoms with Crippen molar-refractivity contribution in [3.8, 4) is 6.07 Å². The van der Waals surface area contributed by atoms with Gasteiger partial charge in [0.25, 0.3) is 5.91 Å². The number of carboxylic acid groups (broad SMARTS) is 1. The lowest BCUT2D eigenvalue weighted by atomic mass is 10.1. The van der Waals surface area contributed by atoms with Crippen molar-refractivity contribution in [3.05, 3.63) is 65.7 Å². The second-order valence-electron chi connectivity index (χ2n) is 6.23. The first-order chi connectivity index (χ1) is 13.5. The van der Waals surface area contributed by atoms with Crippen LogP contribution in [0, 0.1) is 11.3 Å². The van der Waals surface area contributed by atoms with Gasteiger partial charge in [0.1, 0.15) is 6.04 Å². The van der Waals surface area contributed by atoms with E-state index in [0.29, 0.717) is 11.3 Å². The predicted molar refractivity (Wildman–Crippen MR) is 98.5 cm³/mol. The number of rotatable bonds is 6. The molecule has 2 N–H and O–H groups in total. The summed E-state index contributed by atoms with van der Waals surface area (Å²) in [7, 11) is 0. The van der Waals surface area contributed by atoms with E-state index in [0.717, 1.165) is 5.56 Å². The van der Waals surface area contributed by atoms with E-state index in [2.05, 4.69) is 5.32 Å². The van der Waals surface area contributed by atoms with E-state index in [4.69, 9.17) is 10.00 Å². The van der Waals surface area contributed by atoms with Crippen LogP contribution in [0.25, 0.3) is 0 Å². The molecular formula is C20H17N3O5. The summed E-state index contributed by atoms with van der Waals surface area (Å²) in [5.41, 5.74) is 1.69. The molecule has 28 heavy (non-hydrogen) atoms. The minimum atomic E-state index is -1.18. The van der Waals surface area contributed by atoms with Gasteiger partial charge in [0.15, 0.2) is 6.10 Å². The summed E-state index contributed by atoms with van der Waals surface area (Å²) in [5, 5.41) is 20.7. The molecule has 1 heterocycles. The number of nitrogens with zero attached hydrogens (tertiary/aromatic N) is 2. The molecule has 2 aromatic rings. The highest BCUT2D eigenvalue weighted by atomic mass is 16.6. The van der Waals surface area contributed by atoms with Crippen molar-refractivity contribution in [2.75, 3.05) is 11.4 Å². The Labute approximate surface area is 160 Å². The third-order valence-electron chi connectivity index (χ3n) is 4.31. The Bertz CT molecular complexity index is 921. The first-order valence-electron chi connectivity index (χ1n) is 8.53. The monoisotopic (exact) mass is 379 g/mol. The van der Waals surface area contributed by atoms with Crippen LogP contribution in [0.3, 0.4) is 0 Å². The molecule has 1 saturated heterocycles. The summed E-state index contributed by atoms with van der Waals surface area (Å²) in [6.07, 6.45) is -1.72. The number of cyclic esters (lactones) is 1. The van der Waals surface area contributed by atoms with Gasteiger partial charge in [0.2, 0.25) is 0 Å². The van der Waals surface area contributed by atoms with Gasteiger partial charge in [-0.1, -0.05) is 30.3 Å². The highest BCUT2D eigenvalue weighted by Crippen LogP contribution is 2.22. The van der Waals surface area contributed by atoms with E-state index in [1.165, 1.54) is 4.90 Å². The molecular weight excluding hydrogens is 362 g/mol. The van der Waals surface area contributed by atoms with Crippen LogP contribution in [0.2, 0.25) is 0 Å². The Morgan fingerprint density at radius 1 is 1.21 bits per heavy atom. The van der Waals surface area contributed by atoms with Crippen LogP contribution in [0.1, 0.15) is 11.1 Å². The maximum atomic E-state index is 12.5. The Hall–Kier alpha value is -3.86. The molecule has 0 radical (unpaired) electrons. The molecule has 1 fully saturated rings. The molecule has 0 spiro atoms. The zero-order valence-electron chi connectivity index (χ0n) is 14.7. The molecule has 0 aliphatic carbocycles. The number of carbonyl (C=O) groups is 3. The maximum Gasteiger partial charge on any atom is 0.415 e. The molecule has 1 aliphatic rings. The molecule has 2 atom stereocenters. The predicted octanol–water partition coefficient (Wildman–Crippen LogP) is 1.70. The fourth-order valence-corrected chi connectivity index (χ4v) is 2.84. The summed E-state index contributed by atoms with van der Waals surface area (Å²) in [5.74, 6) is -1.85. The molecule has 8 heteroatoms. The average molecular weight is 379 g/mol. The third-order valence-corrected chi connectivity index (χ3v) is 4.31. The molecule has 0 saturated carbocycles. The van der Waals surface area contributed by atoms with Crippen molar-refractivity contribution in [1.82, 2.24) is 5.32 Å². The molecule has 3 rings (SSSR count). The number of hydrogen-bond donors (Lipinski definition) is 2. The summed E-state index contributed by atoms with van der Waals surface area (Å²) in [4.78, 5) is 37.3. The van der Waals surface area contributed by atoms with Gasteiger partial charge in [-0.25, -0.2) is 9.59 Å². The van der Waals surface area contributed by atoms with Gasteiger partial charge in [0.05, 0.1) is 18.2 Å². The molecule has 1 unspecified atom stereocenters.